The van der Waals surface area contributed by atoms with Crippen molar-refractivity contribution in [1.82, 2.24) is 0 Å². The van der Waals surface area contributed by atoms with E-state index in [1.807, 2.05) is 24.3 Å². The summed E-state index contributed by atoms with van der Waals surface area (Å²) in [5.74, 6) is 1.72. The zero-order chi connectivity index (χ0) is 10.4. The number of hydrogen-bond acceptors (Lipinski definition) is 3. The van der Waals surface area contributed by atoms with Crippen LogP contribution in [0.15, 0.2) is 24.3 Å². The summed E-state index contributed by atoms with van der Waals surface area (Å²) in [6.07, 6.45) is 0.925. The van der Waals surface area contributed by atoms with Crippen molar-refractivity contribution >= 4 is 29.3 Å². The van der Waals surface area contributed by atoms with Gasteiger partial charge in [0.05, 0.1) is 7.11 Å². The Balaban J connectivity index is 0.00000196. The molecule has 0 fully saturated rings. The van der Waals surface area contributed by atoms with Crippen molar-refractivity contribution in [2.45, 2.75) is 6.42 Å². The summed E-state index contributed by atoms with van der Waals surface area (Å²) in [6.45, 7) is 0. The third kappa shape index (κ3) is 5.54. The summed E-state index contributed by atoms with van der Waals surface area (Å²) in [6, 6.07) is 7.93. The summed E-state index contributed by atoms with van der Waals surface area (Å²) in [4.78, 5) is 0. The predicted molar refractivity (Wildman–Crippen MR) is 68.3 cm³/mol. The van der Waals surface area contributed by atoms with Crippen LogP contribution in [0.25, 0.3) is 0 Å². The Morgan fingerprint density at radius 3 is 2.47 bits per heavy atom. The summed E-state index contributed by atoms with van der Waals surface area (Å²) < 4.78 is 5.05. The van der Waals surface area contributed by atoms with Crippen LogP contribution < -0.4 is 10.5 Å². The third-order valence-electron chi connectivity index (χ3n) is 1.81. The lowest BCUT2D eigenvalue weighted by molar-refractivity contribution is 0.414. The average Bonchev–Trinajstić information content (AvgIpc) is 2.18. The van der Waals surface area contributed by atoms with Crippen LogP contribution >= 0.6 is 24.2 Å². The topological polar surface area (TPSA) is 59.1 Å². The van der Waals surface area contributed by atoms with Crippen molar-refractivity contribution in [1.29, 1.82) is 5.41 Å². The zero-order valence-corrected chi connectivity index (χ0v) is 10.2. The van der Waals surface area contributed by atoms with E-state index in [4.69, 9.17) is 15.9 Å². The molecule has 1 rings (SSSR count). The molecule has 0 saturated carbocycles. The molecule has 1 aromatic rings. The minimum atomic E-state index is 0. The van der Waals surface area contributed by atoms with E-state index in [9.17, 15) is 0 Å². The number of methoxy groups -OCH3 is 1. The number of nitrogens with two attached hydrogens (primary N) is 1. The van der Waals surface area contributed by atoms with Crippen LogP contribution in [-0.4, -0.2) is 18.0 Å². The molecule has 0 bridgehead atoms. The van der Waals surface area contributed by atoms with Crippen molar-refractivity contribution in [2.75, 3.05) is 12.9 Å². The molecular formula is C10H15ClN2OS. The highest BCUT2D eigenvalue weighted by atomic mass is 35.5. The van der Waals surface area contributed by atoms with Gasteiger partial charge in [0.25, 0.3) is 0 Å². The third-order valence-corrected chi connectivity index (χ3v) is 2.53. The molecule has 3 N–H and O–H groups in total. The number of hydrogen-bond donors (Lipinski definition) is 2. The molecule has 0 atom stereocenters. The number of nitrogens with one attached hydrogen (secondary N) is 1. The predicted octanol–water partition coefficient (Wildman–Crippen LogP) is 2.29. The second-order valence-electron chi connectivity index (χ2n) is 2.81. The van der Waals surface area contributed by atoms with Gasteiger partial charge in [-0.05, 0) is 24.1 Å². The summed E-state index contributed by atoms with van der Waals surface area (Å²) >= 11 is 1.37. The summed E-state index contributed by atoms with van der Waals surface area (Å²) in [5, 5.41) is 7.22. The smallest absolute Gasteiger partial charge is 0.151 e. The van der Waals surface area contributed by atoms with Crippen LogP contribution in [-0.2, 0) is 6.42 Å². The van der Waals surface area contributed by atoms with Gasteiger partial charge in [0, 0.05) is 5.75 Å². The van der Waals surface area contributed by atoms with E-state index in [1.54, 1.807) is 7.11 Å². The Morgan fingerprint density at radius 2 is 2.00 bits per heavy atom. The lowest BCUT2D eigenvalue weighted by Crippen LogP contribution is -2.05. The highest BCUT2D eigenvalue weighted by Crippen LogP contribution is 2.13. The molecule has 3 nitrogen and oxygen atoms in total. The van der Waals surface area contributed by atoms with Gasteiger partial charge in [0.15, 0.2) is 5.17 Å². The van der Waals surface area contributed by atoms with Gasteiger partial charge in [0.2, 0.25) is 0 Å². The van der Waals surface area contributed by atoms with E-state index in [0.29, 0.717) is 0 Å². The maximum atomic E-state index is 7.04. The molecule has 0 radical (unpaired) electrons. The van der Waals surface area contributed by atoms with Gasteiger partial charge in [-0.25, -0.2) is 0 Å². The monoisotopic (exact) mass is 246 g/mol. The molecule has 0 spiro atoms. The molecular weight excluding hydrogens is 232 g/mol. The van der Waals surface area contributed by atoms with Gasteiger partial charge in [-0.2, -0.15) is 0 Å². The van der Waals surface area contributed by atoms with E-state index < -0.39 is 0 Å². The maximum absolute atomic E-state index is 7.04. The Bertz CT molecular complexity index is 303. The van der Waals surface area contributed by atoms with Gasteiger partial charge >= 0.3 is 0 Å². The van der Waals surface area contributed by atoms with E-state index in [2.05, 4.69) is 0 Å². The highest BCUT2D eigenvalue weighted by molar-refractivity contribution is 8.13. The molecule has 15 heavy (non-hydrogen) atoms. The van der Waals surface area contributed by atoms with E-state index >= 15 is 0 Å². The van der Waals surface area contributed by atoms with Crippen LogP contribution in [0, 0.1) is 5.41 Å². The fourth-order valence-corrected chi connectivity index (χ4v) is 1.63. The summed E-state index contributed by atoms with van der Waals surface area (Å²) in [5.41, 5.74) is 6.46. The van der Waals surface area contributed by atoms with Crippen molar-refractivity contribution < 1.29 is 4.74 Å². The van der Waals surface area contributed by atoms with Gasteiger partial charge < -0.3 is 10.5 Å². The molecule has 84 valence electrons. The van der Waals surface area contributed by atoms with Gasteiger partial charge in [0.1, 0.15) is 5.75 Å². The highest BCUT2D eigenvalue weighted by Gasteiger charge is 1.96. The Kier molecular flexibility index (Phi) is 6.99. The lowest BCUT2D eigenvalue weighted by atomic mass is 10.2. The zero-order valence-electron chi connectivity index (χ0n) is 8.53. The quantitative estimate of drug-likeness (QED) is 0.633. The van der Waals surface area contributed by atoms with Crippen molar-refractivity contribution in [3.63, 3.8) is 0 Å². The number of aryl methyl sites for hydroxylation is 1. The van der Waals surface area contributed by atoms with Crippen LogP contribution in [0.4, 0.5) is 0 Å². The second-order valence-corrected chi connectivity index (χ2v) is 3.95. The Hall–Kier alpha value is -0.870. The van der Waals surface area contributed by atoms with Crippen molar-refractivity contribution in [2.24, 2.45) is 5.73 Å². The number of benzene rings is 1. The largest absolute Gasteiger partial charge is 0.497 e. The molecule has 0 amide bonds. The average molecular weight is 247 g/mol. The first-order valence-electron chi connectivity index (χ1n) is 4.32. The number of rotatable bonds is 4. The first-order chi connectivity index (χ1) is 6.72. The number of thioether (sulfide) groups is 1. The second kappa shape index (κ2) is 7.43. The summed E-state index contributed by atoms with van der Waals surface area (Å²) in [7, 11) is 1.65. The van der Waals surface area contributed by atoms with E-state index in [-0.39, 0.29) is 17.6 Å². The van der Waals surface area contributed by atoms with Gasteiger partial charge in [-0.1, -0.05) is 23.9 Å². The molecule has 0 heterocycles. The first-order valence-corrected chi connectivity index (χ1v) is 5.30. The normalized spacial score (nSPS) is 9.13. The lowest BCUT2D eigenvalue weighted by Gasteiger charge is -2.02. The number of ether oxygens (including phenoxy) is 1. The minimum Gasteiger partial charge on any atom is -0.497 e. The van der Waals surface area contributed by atoms with E-state index in [0.717, 1.165) is 17.9 Å². The van der Waals surface area contributed by atoms with Crippen LogP contribution in [0.2, 0.25) is 0 Å². The van der Waals surface area contributed by atoms with Crippen molar-refractivity contribution in [3.8, 4) is 5.75 Å². The molecule has 0 aliphatic rings. The minimum absolute atomic E-state index is 0. The first kappa shape index (κ1) is 14.1. The molecule has 0 aromatic heterocycles. The number of halogens is 1. The van der Waals surface area contributed by atoms with E-state index in [1.165, 1.54) is 17.3 Å². The standard InChI is InChI=1S/C10H14N2OS.ClH/c1-13-9-4-2-8(3-5-9)6-7-14-10(11)12;/h2-5H,6-7H2,1H3,(H3,11,12);1H. The van der Waals surface area contributed by atoms with Crippen LogP contribution in [0.1, 0.15) is 5.56 Å². The maximum Gasteiger partial charge on any atom is 0.151 e. The molecule has 0 saturated heterocycles. The molecule has 0 unspecified atom stereocenters. The fraction of sp³-hybridized carbons (Fsp3) is 0.300. The van der Waals surface area contributed by atoms with Crippen molar-refractivity contribution in [3.05, 3.63) is 29.8 Å². The molecule has 5 heteroatoms. The van der Waals surface area contributed by atoms with Crippen LogP contribution in [0.5, 0.6) is 5.75 Å². The molecule has 0 aliphatic heterocycles. The Morgan fingerprint density at radius 1 is 1.40 bits per heavy atom. The van der Waals surface area contributed by atoms with Gasteiger partial charge in [-0.3, -0.25) is 5.41 Å². The van der Waals surface area contributed by atoms with Gasteiger partial charge in [-0.15, -0.1) is 12.4 Å². The fourth-order valence-electron chi connectivity index (χ4n) is 1.07. The molecule has 0 aliphatic carbocycles. The number of amidine groups is 1. The SMILES string of the molecule is COc1ccc(CCSC(=N)N)cc1.Cl. The molecule has 1 aromatic carbocycles. The van der Waals surface area contributed by atoms with Crippen LogP contribution in [0.3, 0.4) is 0 Å². The Labute approximate surface area is 100 Å².